The summed E-state index contributed by atoms with van der Waals surface area (Å²) in [7, 11) is 0. The number of carbonyl (C=O) groups excluding carboxylic acids is 1. The van der Waals surface area contributed by atoms with Crippen LogP contribution in [-0.4, -0.2) is 21.7 Å². The van der Waals surface area contributed by atoms with E-state index >= 15 is 0 Å². The molecule has 0 spiro atoms. The summed E-state index contributed by atoms with van der Waals surface area (Å²) in [6, 6.07) is 2.30. The van der Waals surface area contributed by atoms with Crippen molar-refractivity contribution in [2.24, 2.45) is 5.73 Å². The van der Waals surface area contributed by atoms with E-state index in [1.807, 2.05) is 6.07 Å². The quantitative estimate of drug-likeness (QED) is 0.759. The van der Waals surface area contributed by atoms with Crippen LogP contribution in [0.3, 0.4) is 0 Å². The first-order chi connectivity index (χ1) is 7.16. The van der Waals surface area contributed by atoms with Gasteiger partial charge in [0.05, 0.1) is 5.69 Å². The van der Waals surface area contributed by atoms with Gasteiger partial charge in [-0.25, -0.2) is 4.68 Å². The Morgan fingerprint density at radius 3 is 2.67 bits per heavy atom. The lowest BCUT2D eigenvalue weighted by molar-refractivity contribution is 0.0920. The lowest BCUT2D eigenvalue weighted by Gasteiger charge is -2.24. The summed E-state index contributed by atoms with van der Waals surface area (Å²) in [4.78, 5) is 11.1. The number of nitrogens with two attached hydrogens (primary N) is 1. The van der Waals surface area contributed by atoms with Gasteiger partial charge in [-0.3, -0.25) is 4.79 Å². The summed E-state index contributed by atoms with van der Waals surface area (Å²) < 4.78 is 1.41. The van der Waals surface area contributed by atoms with Gasteiger partial charge < -0.3 is 5.73 Å². The highest BCUT2D eigenvalue weighted by molar-refractivity contribution is 5.74. The highest BCUT2D eigenvalue weighted by Gasteiger charge is 2.21. The number of nitrogens with zero attached hydrogens (tertiary/aromatic N) is 2. The summed E-state index contributed by atoms with van der Waals surface area (Å²) in [5.74, 6) is 0.458. The normalized spacial score (nSPS) is 26.5. The Bertz CT molecular complexity index is 350. The summed E-state index contributed by atoms with van der Waals surface area (Å²) in [6.07, 6.45) is 6.06. The van der Waals surface area contributed by atoms with Crippen molar-refractivity contribution in [2.45, 2.75) is 44.6 Å². The lowest BCUT2D eigenvalue weighted by atomic mass is 9.85. The van der Waals surface area contributed by atoms with Gasteiger partial charge in [0.15, 0.2) is 0 Å². The second kappa shape index (κ2) is 4.14. The van der Waals surface area contributed by atoms with Crippen molar-refractivity contribution in [1.29, 1.82) is 0 Å². The van der Waals surface area contributed by atoms with Crippen molar-refractivity contribution in [2.75, 3.05) is 0 Å². The van der Waals surface area contributed by atoms with E-state index in [4.69, 9.17) is 5.73 Å². The molecule has 2 N–H and O–H groups in total. The molecule has 0 atom stereocenters. The van der Waals surface area contributed by atoms with Gasteiger partial charge in [-0.05, 0) is 31.7 Å². The Morgan fingerprint density at radius 1 is 1.47 bits per heavy atom. The third kappa shape index (κ3) is 2.26. The summed E-state index contributed by atoms with van der Waals surface area (Å²) in [5.41, 5.74) is 6.89. The van der Waals surface area contributed by atoms with Gasteiger partial charge in [-0.2, -0.15) is 5.10 Å². The minimum atomic E-state index is -0.0336. The molecule has 0 aliphatic heterocycles. The van der Waals surface area contributed by atoms with Gasteiger partial charge in [0.1, 0.15) is 0 Å². The second-order valence-corrected chi connectivity index (χ2v) is 4.32. The van der Waals surface area contributed by atoms with Crippen LogP contribution < -0.4 is 5.73 Å². The van der Waals surface area contributed by atoms with Crippen molar-refractivity contribution in [3.05, 3.63) is 18.0 Å². The lowest BCUT2D eigenvalue weighted by Crippen LogP contribution is -2.25. The van der Waals surface area contributed by atoms with Gasteiger partial charge in [-0.15, -0.1) is 0 Å². The Morgan fingerprint density at radius 2 is 2.13 bits per heavy atom. The molecule has 0 aromatic carbocycles. The van der Waals surface area contributed by atoms with Crippen LogP contribution in [-0.2, 0) is 0 Å². The maximum Gasteiger partial charge on any atom is 0.243 e. The average Bonchev–Trinajstić information content (AvgIpc) is 2.68. The number of rotatable bonds is 1. The zero-order chi connectivity index (χ0) is 10.8. The monoisotopic (exact) mass is 207 g/mol. The number of hydrogen-bond acceptors (Lipinski definition) is 3. The molecule has 1 fully saturated rings. The minimum absolute atomic E-state index is 0.0336. The fourth-order valence-corrected chi connectivity index (χ4v) is 2.15. The molecule has 15 heavy (non-hydrogen) atoms. The van der Waals surface area contributed by atoms with E-state index in [0.717, 1.165) is 31.4 Å². The molecule has 1 aliphatic carbocycles. The predicted molar refractivity (Wildman–Crippen MR) is 57.7 cm³/mol. The smallest absolute Gasteiger partial charge is 0.243 e. The minimum Gasteiger partial charge on any atom is -0.328 e. The van der Waals surface area contributed by atoms with Gasteiger partial charge in [0.2, 0.25) is 5.91 Å². The first kappa shape index (κ1) is 10.4. The molecule has 0 radical (unpaired) electrons. The van der Waals surface area contributed by atoms with Crippen LogP contribution >= 0.6 is 0 Å². The Balaban J connectivity index is 2.06. The Labute approximate surface area is 89.5 Å². The van der Waals surface area contributed by atoms with Crippen molar-refractivity contribution >= 4 is 5.91 Å². The molecule has 0 amide bonds. The molecule has 1 saturated carbocycles. The third-order valence-corrected chi connectivity index (χ3v) is 3.12. The standard InChI is InChI=1S/C11H17N3O/c1-8(15)14-7-6-11(13-14)9-2-4-10(12)5-3-9/h6-7,9-10H,2-5,12H2,1H3. The average molecular weight is 207 g/mol. The number of aromatic nitrogens is 2. The van der Waals surface area contributed by atoms with Gasteiger partial charge in [-0.1, -0.05) is 0 Å². The van der Waals surface area contributed by atoms with E-state index < -0.39 is 0 Å². The zero-order valence-corrected chi connectivity index (χ0v) is 9.02. The summed E-state index contributed by atoms with van der Waals surface area (Å²) >= 11 is 0. The van der Waals surface area contributed by atoms with Crippen LogP contribution in [0.25, 0.3) is 0 Å². The fourth-order valence-electron chi connectivity index (χ4n) is 2.15. The Kier molecular flexibility index (Phi) is 2.86. The SMILES string of the molecule is CC(=O)n1ccc(C2CCC(N)CC2)n1. The van der Waals surface area contributed by atoms with Crippen LogP contribution in [0.5, 0.6) is 0 Å². The number of hydrogen-bond donors (Lipinski definition) is 1. The predicted octanol–water partition coefficient (Wildman–Crippen LogP) is 1.53. The first-order valence-corrected chi connectivity index (χ1v) is 5.49. The van der Waals surface area contributed by atoms with Gasteiger partial charge in [0, 0.05) is 25.1 Å². The van der Waals surface area contributed by atoms with Crippen LogP contribution in [0.4, 0.5) is 0 Å². The highest BCUT2D eigenvalue weighted by Crippen LogP contribution is 2.30. The zero-order valence-electron chi connectivity index (χ0n) is 9.02. The molecule has 0 saturated heterocycles. The van der Waals surface area contributed by atoms with Gasteiger partial charge >= 0.3 is 0 Å². The molecule has 82 valence electrons. The summed E-state index contributed by atoms with van der Waals surface area (Å²) in [5, 5.41) is 4.28. The first-order valence-electron chi connectivity index (χ1n) is 5.49. The highest BCUT2D eigenvalue weighted by atomic mass is 16.2. The van der Waals surface area contributed by atoms with Crippen molar-refractivity contribution < 1.29 is 4.79 Å². The largest absolute Gasteiger partial charge is 0.328 e. The van der Waals surface area contributed by atoms with E-state index in [1.54, 1.807) is 6.20 Å². The van der Waals surface area contributed by atoms with Crippen LogP contribution in [0.15, 0.2) is 12.3 Å². The van der Waals surface area contributed by atoms with Crippen LogP contribution in [0.2, 0.25) is 0 Å². The second-order valence-electron chi connectivity index (χ2n) is 4.32. The van der Waals surface area contributed by atoms with E-state index in [1.165, 1.54) is 11.6 Å². The van der Waals surface area contributed by atoms with Gasteiger partial charge in [0.25, 0.3) is 0 Å². The van der Waals surface area contributed by atoms with E-state index in [9.17, 15) is 4.79 Å². The van der Waals surface area contributed by atoms with E-state index in [-0.39, 0.29) is 5.91 Å². The van der Waals surface area contributed by atoms with E-state index in [2.05, 4.69) is 5.10 Å². The fraction of sp³-hybridized carbons (Fsp3) is 0.636. The number of carbonyl (C=O) groups is 1. The van der Waals surface area contributed by atoms with E-state index in [0.29, 0.717) is 12.0 Å². The maximum atomic E-state index is 11.1. The molecule has 4 nitrogen and oxygen atoms in total. The van der Waals surface area contributed by atoms with Crippen molar-refractivity contribution in [3.63, 3.8) is 0 Å². The molecule has 4 heteroatoms. The maximum absolute atomic E-state index is 11.1. The molecule has 1 heterocycles. The molecule has 1 aromatic rings. The molecular weight excluding hydrogens is 190 g/mol. The Hall–Kier alpha value is -1.16. The van der Waals surface area contributed by atoms with Crippen molar-refractivity contribution in [1.82, 2.24) is 9.78 Å². The van der Waals surface area contributed by atoms with Crippen molar-refractivity contribution in [3.8, 4) is 0 Å². The van der Waals surface area contributed by atoms with Crippen LogP contribution in [0, 0.1) is 0 Å². The molecule has 0 bridgehead atoms. The molecule has 2 rings (SSSR count). The topological polar surface area (TPSA) is 60.9 Å². The molecule has 0 unspecified atom stereocenters. The molecule has 1 aliphatic rings. The molecular formula is C11H17N3O. The summed E-state index contributed by atoms with van der Waals surface area (Å²) in [6.45, 7) is 1.52. The third-order valence-electron chi connectivity index (χ3n) is 3.12. The molecule has 1 aromatic heterocycles. The van der Waals surface area contributed by atoms with Crippen LogP contribution in [0.1, 0.15) is 49.0 Å².